The summed E-state index contributed by atoms with van der Waals surface area (Å²) < 4.78 is 17.8. The minimum Gasteiger partial charge on any atom is -0.500 e. The fraction of sp³-hybridized carbons (Fsp3) is 0.222. The zero-order valence-corrected chi connectivity index (χ0v) is 8.58. The van der Waals surface area contributed by atoms with Crippen LogP contribution in [-0.2, 0) is 4.79 Å². The normalized spacial score (nSPS) is 11.9. The molecule has 0 heterocycles. The summed E-state index contributed by atoms with van der Waals surface area (Å²) >= 11 is 0. The van der Waals surface area contributed by atoms with E-state index in [0.29, 0.717) is 6.07 Å². The molecule has 1 aromatic rings. The number of carboxylic acid groups (broad SMARTS) is 1. The van der Waals surface area contributed by atoms with Gasteiger partial charge in [-0.1, -0.05) is 0 Å². The molecule has 0 aromatic heterocycles. The zero-order valence-electron chi connectivity index (χ0n) is 8.58. The molecule has 2 N–H and O–H groups in total. The molecule has 0 bridgehead atoms. The second kappa shape index (κ2) is 4.64. The van der Waals surface area contributed by atoms with E-state index >= 15 is 0 Å². The van der Waals surface area contributed by atoms with Gasteiger partial charge in [-0.25, -0.2) is 9.18 Å². The zero-order chi connectivity index (χ0) is 13.2. The highest BCUT2D eigenvalue weighted by Crippen LogP contribution is 2.39. The molecule has 92 valence electrons. The second-order valence-electron chi connectivity index (χ2n) is 3.05. The Morgan fingerprint density at radius 1 is 1.59 bits per heavy atom. The van der Waals surface area contributed by atoms with Crippen molar-refractivity contribution >= 4 is 11.7 Å². The first-order chi connectivity index (χ1) is 7.88. The number of phenolic OH excluding ortho intramolecular Hbond substituents is 1. The number of nitro groups is 1. The Bertz CT molecular complexity index is 475. The van der Waals surface area contributed by atoms with Crippen LogP contribution in [0.2, 0.25) is 0 Å². The number of methoxy groups -OCH3 is 1. The maximum absolute atomic E-state index is 13.2. The fourth-order valence-corrected chi connectivity index (χ4v) is 1.20. The number of phenols is 1. The molecule has 0 amide bonds. The lowest BCUT2D eigenvalue weighted by molar-refractivity contribution is -0.386. The van der Waals surface area contributed by atoms with E-state index in [4.69, 9.17) is 5.11 Å². The van der Waals surface area contributed by atoms with Gasteiger partial charge in [-0.2, -0.15) is 0 Å². The van der Waals surface area contributed by atoms with Crippen LogP contribution in [0.25, 0.3) is 0 Å². The molecular formula is C9H8FNO6. The Morgan fingerprint density at radius 2 is 2.18 bits per heavy atom. The number of alkyl halides is 1. The van der Waals surface area contributed by atoms with Crippen LogP contribution in [0.1, 0.15) is 11.7 Å². The molecule has 1 aromatic carbocycles. The molecule has 0 aliphatic carbocycles. The molecule has 0 saturated heterocycles. The molecular weight excluding hydrogens is 237 g/mol. The number of halogens is 1. The van der Waals surface area contributed by atoms with Crippen molar-refractivity contribution in [1.82, 2.24) is 0 Å². The molecule has 7 nitrogen and oxygen atoms in total. The summed E-state index contributed by atoms with van der Waals surface area (Å²) in [6, 6.07) is 1.54. The van der Waals surface area contributed by atoms with Crippen molar-refractivity contribution in [2.45, 2.75) is 6.17 Å². The van der Waals surface area contributed by atoms with E-state index in [0.717, 1.165) is 13.2 Å². The third kappa shape index (κ3) is 2.41. The SMILES string of the molecule is COc1cc(C(F)C(=O)O)cc([N+](=O)[O-])c1O. The molecule has 8 heteroatoms. The monoisotopic (exact) mass is 245 g/mol. The van der Waals surface area contributed by atoms with Gasteiger partial charge in [0.1, 0.15) is 0 Å². The fourth-order valence-electron chi connectivity index (χ4n) is 1.20. The van der Waals surface area contributed by atoms with Crippen LogP contribution in [0.5, 0.6) is 11.5 Å². The van der Waals surface area contributed by atoms with Crippen LogP contribution in [0, 0.1) is 10.1 Å². The topological polar surface area (TPSA) is 110 Å². The highest BCUT2D eigenvalue weighted by molar-refractivity contribution is 5.75. The first-order valence-corrected chi connectivity index (χ1v) is 4.30. The van der Waals surface area contributed by atoms with Gasteiger partial charge in [-0.15, -0.1) is 0 Å². The maximum atomic E-state index is 13.2. The molecule has 1 rings (SSSR count). The number of ether oxygens (including phenoxy) is 1. The minimum absolute atomic E-state index is 0.363. The van der Waals surface area contributed by atoms with Crippen LogP contribution in [0.3, 0.4) is 0 Å². The first kappa shape index (κ1) is 12.7. The largest absolute Gasteiger partial charge is 0.500 e. The number of carbonyl (C=O) groups is 1. The lowest BCUT2D eigenvalue weighted by Crippen LogP contribution is -2.07. The number of carboxylic acids is 1. The summed E-state index contributed by atoms with van der Waals surface area (Å²) in [4.78, 5) is 20.0. The maximum Gasteiger partial charge on any atom is 0.343 e. The Balaban J connectivity index is 3.39. The van der Waals surface area contributed by atoms with Crippen molar-refractivity contribution in [1.29, 1.82) is 0 Å². The summed E-state index contributed by atoms with van der Waals surface area (Å²) in [6.45, 7) is 0. The number of nitrogens with zero attached hydrogens (tertiary/aromatic N) is 1. The predicted molar refractivity (Wildman–Crippen MR) is 52.8 cm³/mol. The highest BCUT2D eigenvalue weighted by Gasteiger charge is 2.26. The Kier molecular flexibility index (Phi) is 3.46. The number of nitro benzene ring substituents is 1. The number of benzene rings is 1. The van der Waals surface area contributed by atoms with Crippen LogP contribution in [0.4, 0.5) is 10.1 Å². The Morgan fingerprint density at radius 3 is 2.59 bits per heavy atom. The van der Waals surface area contributed by atoms with Crippen LogP contribution < -0.4 is 4.74 Å². The van der Waals surface area contributed by atoms with Gasteiger partial charge in [-0.3, -0.25) is 10.1 Å². The van der Waals surface area contributed by atoms with E-state index in [1.165, 1.54) is 0 Å². The number of aromatic hydroxyl groups is 1. The summed E-state index contributed by atoms with van der Waals surface area (Å²) in [5.74, 6) is -2.93. The van der Waals surface area contributed by atoms with Crippen molar-refractivity contribution in [2.24, 2.45) is 0 Å². The molecule has 0 spiro atoms. The Labute approximate surface area is 94.2 Å². The number of hydrogen-bond donors (Lipinski definition) is 2. The summed E-state index contributed by atoms with van der Waals surface area (Å²) in [5, 5.41) is 28.4. The van der Waals surface area contributed by atoms with Crippen LogP contribution in [0.15, 0.2) is 12.1 Å². The third-order valence-electron chi connectivity index (χ3n) is 2.00. The number of aliphatic carboxylic acids is 1. The first-order valence-electron chi connectivity index (χ1n) is 4.30. The molecule has 0 aliphatic rings. The van der Waals surface area contributed by atoms with Crippen LogP contribution in [-0.4, -0.2) is 28.2 Å². The molecule has 0 saturated carbocycles. The predicted octanol–water partition coefficient (Wildman–Crippen LogP) is 1.40. The quantitative estimate of drug-likeness (QED) is 0.612. The van der Waals surface area contributed by atoms with E-state index in [1.807, 2.05) is 0 Å². The summed E-state index contributed by atoms with van der Waals surface area (Å²) in [5.41, 5.74) is -1.29. The minimum atomic E-state index is -2.43. The van der Waals surface area contributed by atoms with Crippen molar-refractivity contribution in [3.8, 4) is 11.5 Å². The second-order valence-corrected chi connectivity index (χ2v) is 3.05. The van der Waals surface area contributed by atoms with Gasteiger partial charge in [0.2, 0.25) is 11.9 Å². The molecule has 0 radical (unpaired) electrons. The third-order valence-corrected chi connectivity index (χ3v) is 2.00. The van der Waals surface area contributed by atoms with Gasteiger partial charge < -0.3 is 14.9 Å². The van der Waals surface area contributed by atoms with Gasteiger partial charge in [-0.05, 0) is 6.07 Å². The van der Waals surface area contributed by atoms with Gasteiger partial charge in [0.25, 0.3) is 0 Å². The molecule has 1 atom stereocenters. The molecule has 0 aliphatic heterocycles. The van der Waals surface area contributed by atoms with E-state index < -0.39 is 34.1 Å². The van der Waals surface area contributed by atoms with Crippen molar-refractivity contribution in [2.75, 3.05) is 7.11 Å². The molecule has 1 unspecified atom stereocenters. The lowest BCUT2D eigenvalue weighted by atomic mass is 10.1. The summed E-state index contributed by atoms with van der Waals surface area (Å²) in [7, 11) is 1.11. The molecule has 0 fully saturated rings. The smallest absolute Gasteiger partial charge is 0.343 e. The van der Waals surface area contributed by atoms with Gasteiger partial charge in [0, 0.05) is 11.6 Å². The van der Waals surface area contributed by atoms with Gasteiger partial charge >= 0.3 is 11.7 Å². The number of hydrogen-bond acceptors (Lipinski definition) is 5. The highest BCUT2D eigenvalue weighted by atomic mass is 19.1. The lowest BCUT2D eigenvalue weighted by Gasteiger charge is -2.08. The van der Waals surface area contributed by atoms with Gasteiger partial charge in [0.05, 0.1) is 12.0 Å². The van der Waals surface area contributed by atoms with E-state index in [-0.39, 0.29) is 5.75 Å². The van der Waals surface area contributed by atoms with Gasteiger partial charge in [0.15, 0.2) is 5.75 Å². The van der Waals surface area contributed by atoms with Crippen molar-refractivity contribution in [3.63, 3.8) is 0 Å². The average molecular weight is 245 g/mol. The summed E-state index contributed by atoms with van der Waals surface area (Å²) in [6.07, 6.45) is -2.43. The van der Waals surface area contributed by atoms with E-state index in [9.17, 15) is 24.4 Å². The van der Waals surface area contributed by atoms with Crippen molar-refractivity contribution in [3.05, 3.63) is 27.8 Å². The van der Waals surface area contributed by atoms with E-state index in [2.05, 4.69) is 4.74 Å². The standard InChI is InChI=1S/C9H8FNO6/c1-17-6-3-4(7(10)9(13)14)2-5(8(6)12)11(15)16/h2-3,7,12H,1H3,(H,13,14). The molecule has 17 heavy (non-hydrogen) atoms. The Hall–Kier alpha value is -2.38. The van der Waals surface area contributed by atoms with Crippen LogP contribution >= 0.6 is 0 Å². The number of rotatable bonds is 4. The average Bonchev–Trinajstić information content (AvgIpc) is 2.27. The van der Waals surface area contributed by atoms with Crippen molar-refractivity contribution < 1.29 is 29.1 Å². The van der Waals surface area contributed by atoms with E-state index in [1.54, 1.807) is 0 Å².